The molecule has 1 N–H and O–H groups in total. The molecule has 102 valence electrons. The molecule has 0 radical (unpaired) electrons. The lowest BCUT2D eigenvalue weighted by molar-refractivity contribution is 0.206. The van der Waals surface area contributed by atoms with Crippen LogP contribution in [0.5, 0.6) is 0 Å². The van der Waals surface area contributed by atoms with Crippen LogP contribution in [0.25, 0.3) is 0 Å². The molecule has 0 unspecified atom stereocenters. The topological polar surface area (TPSA) is 71.0 Å². The molecule has 20 heavy (non-hydrogen) atoms. The first-order valence-corrected chi connectivity index (χ1v) is 6.56. The number of hydrogen-bond acceptors (Lipinski definition) is 4. The van der Waals surface area contributed by atoms with Gasteiger partial charge in [-0.2, -0.15) is 0 Å². The second-order valence-electron chi connectivity index (χ2n) is 4.72. The van der Waals surface area contributed by atoms with Crippen LogP contribution in [0.2, 0.25) is 0 Å². The minimum Gasteiger partial charge on any atom is -0.317 e. The van der Waals surface area contributed by atoms with E-state index in [1.807, 2.05) is 17.0 Å². The molecule has 1 saturated carbocycles. The molecular formula is C14H15N5O. The average Bonchev–Trinajstić information content (AvgIpc) is 3.31. The standard InChI is InChI=1S/C14H15N5O/c20-14(18-13-16-6-1-7-17-13)19(12-2-3-12)10-11-4-8-15-9-5-11/h1,4-9,12H,2-3,10H2,(H,16,17,18,20). The summed E-state index contributed by atoms with van der Waals surface area (Å²) in [6, 6.07) is 5.71. The number of rotatable bonds is 4. The van der Waals surface area contributed by atoms with Crippen molar-refractivity contribution in [2.45, 2.75) is 25.4 Å². The predicted octanol–water partition coefficient (Wildman–Crippen LogP) is 2.07. The summed E-state index contributed by atoms with van der Waals surface area (Å²) >= 11 is 0. The Morgan fingerprint density at radius 3 is 2.55 bits per heavy atom. The third-order valence-electron chi connectivity index (χ3n) is 3.14. The molecule has 1 aliphatic rings. The lowest BCUT2D eigenvalue weighted by Crippen LogP contribution is -2.36. The van der Waals surface area contributed by atoms with Gasteiger partial charge in [-0.25, -0.2) is 14.8 Å². The maximum atomic E-state index is 12.3. The van der Waals surface area contributed by atoms with Gasteiger partial charge in [0.15, 0.2) is 0 Å². The van der Waals surface area contributed by atoms with E-state index in [1.165, 1.54) is 0 Å². The minimum atomic E-state index is -0.157. The molecule has 2 heterocycles. The van der Waals surface area contributed by atoms with Crippen LogP contribution < -0.4 is 5.32 Å². The van der Waals surface area contributed by atoms with Crippen LogP contribution in [0.1, 0.15) is 18.4 Å². The molecule has 3 rings (SSSR count). The third-order valence-corrected chi connectivity index (χ3v) is 3.14. The molecular weight excluding hydrogens is 254 g/mol. The van der Waals surface area contributed by atoms with Crippen molar-refractivity contribution in [2.75, 3.05) is 5.32 Å². The van der Waals surface area contributed by atoms with E-state index in [0.717, 1.165) is 18.4 Å². The highest BCUT2D eigenvalue weighted by molar-refractivity contribution is 5.87. The summed E-state index contributed by atoms with van der Waals surface area (Å²) in [6.07, 6.45) is 8.78. The lowest BCUT2D eigenvalue weighted by Gasteiger charge is -2.22. The van der Waals surface area contributed by atoms with E-state index in [9.17, 15) is 4.79 Å². The van der Waals surface area contributed by atoms with Crippen molar-refractivity contribution in [3.8, 4) is 0 Å². The number of carbonyl (C=O) groups excluding carboxylic acids is 1. The zero-order valence-corrected chi connectivity index (χ0v) is 10.9. The highest BCUT2D eigenvalue weighted by Gasteiger charge is 2.32. The van der Waals surface area contributed by atoms with Crippen molar-refractivity contribution in [2.24, 2.45) is 0 Å². The van der Waals surface area contributed by atoms with Crippen molar-refractivity contribution in [1.82, 2.24) is 19.9 Å². The quantitative estimate of drug-likeness (QED) is 0.922. The van der Waals surface area contributed by atoms with Crippen molar-refractivity contribution in [3.05, 3.63) is 48.5 Å². The van der Waals surface area contributed by atoms with E-state index in [-0.39, 0.29) is 6.03 Å². The van der Waals surface area contributed by atoms with Gasteiger partial charge in [-0.15, -0.1) is 0 Å². The van der Waals surface area contributed by atoms with Gasteiger partial charge in [-0.05, 0) is 36.6 Å². The highest BCUT2D eigenvalue weighted by atomic mass is 16.2. The third kappa shape index (κ3) is 3.09. The zero-order chi connectivity index (χ0) is 13.8. The first-order valence-electron chi connectivity index (χ1n) is 6.56. The second kappa shape index (κ2) is 5.64. The molecule has 0 spiro atoms. The van der Waals surface area contributed by atoms with E-state index in [1.54, 1.807) is 30.9 Å². The number of amides is 2. The number of anilines is 1. The lowest BCUT2D eigenvalue weighted by atomic mass is 10.2. The molecule has 1 fully saturated rings. The van der Waals surface area contributed by atoms with E-state index in [2.05, 4.69) is 20.3 Å². The van der Waals surface area contributed by atoms with Gasteiger partial charge in [0.1, 0.15) is 0 Å². The monoisotopic (exact) mass is 269 g/mol. The number of hydrogen-bond donors (Lipinski definition) is 1. The fourth-order valence-electron chi connectivity index (χ4n) is 1.97. The number of nitrogens with one attached hydrogen (secondary N) is 1. The maximum absolute atomic E-state index is 12.3. The summed E-state index contributed by atoms with van der Waals surface area (Å²) in [5.41, 5.74) is 1.07. The van der Waals surface area contributed by atoms with Crippen LogP contribution in [0, 0.1) is 0 Å². The molecule has 2 aromatic heterocycles. The molecule has 2 aromatic rings. The summed E-state index contributed by atoms with van der Waals surface area (Å²) in [6.45, 7) is 0.575. The van der Waals surface area contributed by atoms with Gasteiger partial charge in [-0.1, -0.05) is 0 Å². The average molecular weight is 269 g/mol. The van der Waals surface area contributed by atoms with Crippen LogP contribution in [0.15, 0.2) is 43.0 Å². The summed E-state index contributed by atoms with van der Waals surface area (Å²) < 4.78 is 0. The minimum absolute atomic E-state index is 0.157. The zero-order valence-electron chi connectivity index (χ0n) is 10.9. The van der Waals surface area contributed by atoms with Crippen molar-refractivity contribution in [3.63, 3.8) is 0 Å². The molecule has 1 aliphatic carbocycles. The van der Waals surface area contributed by atoms with Crippen LogP contribution in [0.3, 0.4) is 0 Å². The van der Waals surface area contributed by atoms with Gasteiger partial charge < -0.3 is 4.90 Å². The van der Waals surface area contributed by atoms with Gasteiger partial charge in [-0.3, -0.25) is 10.3 Å². The molecule has 6 heteroatoms. The Morgan fingerprint density at radius 2 is 1.90 bits per heavy atom. The van der Waals surface area contributed by atoms with Crippen molar-refractivity contribution in [1.29, 1.82) is 0 Å². The van der Waals surface area contributed by atoms with Gasteiger partial charge in [0.25, 0.3) is 0 Å². The summed E-state index contributed by atoms with van der Waals surface area (Å²) in [7, 11) is 0. The largest absolute Gasteiger partial charge is 0.324 e. The van der Waals surface area contributed by atoms with E-state index in [4.69, 9.17) is 0 Å². The number of aromatic nitrogens is 3. The van der Waals surface area contributed by atoms with E-state index >= 15 is 0 Å². The Labute approximate surface area is 116 Å². The Kier molecular flexibility index (Phi) is 3.54. The van der Waals surface area contributed by atoms with Crippen molar-refractivity contribution >= 4 is 12.0 Å². The van der Waals surface area contributed by atoms with Crippen LogP contribution >= 0.6 is 0 Å². The fraction of sp³-hybridized carbons (Fsp3) is 0.286. The highest BCUT2D eigenvalue weighted by Crippen LogP contribution is 2.28. The van der Waals surface area contributed by atoms with Gasteiger partial charge in [0, 0.05) is 37.4 Å². The van der Waals surface area contributed by atoms with Crippen LogP contribution in [-0.4, -0.2) is 31.9 Å². The Morgan fingerprint density at radius 1 is 1.20 bits per heavy atom. The summed E-state index contributed by atoms with van der Waals surface area (Å²) in [5, 5.41) is 2.73. The van der Waals surface area contributed by atoms with Crippen molar-refractivity contribution < 1.29 is 4.79 Å². The molecule has 0 bridgehead atoms. The van der Waals surface area contributed by atoms with Gasteiger partial charge >= 0.3 is 6.03 Å². The molecule has 0 saturated heterocycles. The fourth-order valence-corrected chi connectivity index (χ4v) is 1.97. The molecule has 2 amide bonds. The first-order chi connectivity index (χ1) is 9.83. The number of nitrogens with zero attached hydrogens (tertiary/aromatic N) is 4. The van der Waals surface area contributed by atoms with Gasteiger partial charge in [0.2, 0.25) is 5.95 Å². The Hall–Kier alpha value is -2.50. The normalized spacial score (nSPS) is 13.8. The van der Waals surface area contributed by atoms with E-state index < -0.39 is 0 Å². The second-order valence-corrected chi connectivity index (χ2v) is 4.72. The van der Waals surface area contributed by atoms with Crippen LogP contribution in [-0.2, 0) is 6.54 Å². The number of pyridine rings is 1. The molecule has 0 atom stereocenters. The Bertz CT molecular complexity index is 571. The molecule has 0 aliphatic heterocycles. The maximum Gasteiger partial charge on any atom is 0.324 e. The van der Waals surface area contributed by atoms with E-state index in [0.29, 0.717) is 18.5 Å². The Balaban J connectivity index is 1.69. The SMILES string of the molecule is O=C(Nc1ncccn1)N(Cc1ccncc1)C1CC1. The van der Waals surface area contributed by atoms with Gasteiger partial charge in [0.05, 0.1) is 0 Å². The molecule has 0 aromatic carbocycles. The van der Waals surface area contributed by atoms with Crippen LogP contribution in [0.4, 0.5) is 10.7 Å². The first kappa shape index (κ1) is 12.5. The summed E-state index contributed by atoms with van der Waals surface area (Å²) in [5.74, 6) is 0.331. The smallest absolute Gasteiger partial charge is 0.317 e. The summed E-state index contributed by atoms with van der Waals surface area (Å²) in [4.78, 5) is 26.1. The molecule has 6 nitrogen and oxygen atoms in total. The number of carbonyl (C=O) groups is 1. The predicted molar refractivity (Wildman–Crippen MR) is 73.9 cm³/mol. The number of urea groups is 1.